The van der Waals surface area contributed by atoms with Gasteiger partial charge in [0.15, 0.2) is 0 Å². The maximum atomic E-state index is 12.3. The summed E-state index contributed by atoms with van der Waals surface area (Å²) < 4.78 is 26.9. The van der Waals surface area contributed by atoms with E-state index < -0.39 is 10.0 Å². The maximum absolute atomic E-state index is 12.3. The number of nitrogens with zero attached hydrogens (tertiary/aromatic N) is 3. The van der Waals surface area contributed by atoms with Crippen LogP contribution in [0.3, 0.4) is 0 Å². The highest BCUT2D eigenvalue weighted by molar-refractivity contribution is 7.92. The van der Waals surface area contributed by atoms with Gasteiger partial charge in [-0.2, -0.15) is 0 Å². The number of benzene rings is 1. The number of carbonyl (C=O) groups is 1. The SMILES string of the molecule is O=C(C=Cc1cccnc1)Nc1ccc(S(=O)(=O)Nc2ncccn2)cc1. The number of sulfonamides is 1. The molecule has 0 bridgehead atoms. The summed E-state index contributed by atoms with van der Waals surface area (Å²) in [5, 5.41) is 2.65. The molecule has 0 spiro atoms. The average Bonchev–Trinajstić information content (AvgIpc) is 2.68. The van der Waals surface area contributed by atoms with Crippen molar-refractivity contribution in [2.24, 2.45) is 0 Å². The molecule has 0 atom stereocenters. The highest BCUT2D eigenvalue weighted by Crippen LogP contribution is 2.16. The van der Waals surface area contributed by atoms with E-state index in [2.05, 4.69) is 25.0 Å². The third-order valence-corrected chi connectivity index (χ3v) is 4.68. The fourth-order valence-electron chi connectivity index (χ4n) is 2.08. The number of amides is 1. The second-order valence-electron chi connectivity index (χ2n) is 5.31. The Bertz CT molecular complexity index is 1040. The first-order chi connectivity index (χ1) is 13.0. The first-order valence-corrected chi connectivity index (χ1v) is 9.30. The maximum Gasteiger partial charge on any atom is 0.264 e. The number of pyridine rings is 1. The smallest absolute Gasteiger partial charge is 0.264 e. The van der Waals surface area contributed by atoms with E-state index >= 15 is 0 Å². The minimum atomic E-state index is -3.81. The van der Waals surface area contributed by atoms with Crippen molar-refractivity contribution in [3.63, 3.8) is 0 Å². The van der Waals surface area contributed by atoms with E-state index in [4.69, 9.17) is 0 Å². The molecule has 2 heterocycles. The first-order valence-electron chi connectivity index (χ1n) is 7.82. The number of rotatable bonds is 6. The van der Waals surface area contributed by atoms with Crippen LogP contribution < -0.4 is 10.0 Å². The van der Waals surface area contributed by atoms with E-state index in [0.717, 1.165) is 5.56 Å². The van der Waals surface area contributed by atoms with Crippen LogP contribution in [-0.4, -0.2) is 29.3 Å². The molecule has 27 heavy (non-hydrogen) atoms. The number of carbonyl (C=O) groups excluding carboxylic acids is 1. The van der Waals surface area contributed by atoms with Gasteiger partial charge in [0.1, 0.15) is 0 Å². The highest BCUT2D eigenvalue weighted by Gasteiger charge is 2.15. The van der Waals surface area contributed by atoms with Crippen LogP contribution in [0, 0.1) is 0 Å². The predicted molar refractivity (Wildman–Crippen MR) is 101 cm³/mol. The summed E-state index contributed by atoms with van der Waals surface area (Å²) >= 11 is 0. The molecule has 1 amide bonds. The molecule has 2 N–H and O–H groups in total. The zero-order chi connectivity index (χ0) is 19.1. The standard InChI is InChI=1S/C18H15N5O3S/c24-17(9-4-14-3-1-10-19-13-14)22-15-5-7-16(8-6-15)27(25,26)23-18-20-11-2-12-21-18/h1-13H,(H,22,24)(H,20,21,23). The quantitative estimate of drug-likeness (QED) is 0.634. The van der Waals surface area contributed by atoms with E-state index in [1.807, 2.05) is 6.07 Å². The van der Waals surface area contributed by atoms with Crippen LogP contribution in [-0.2, 0) is 14.8 Å². The average molecular weight is 381 g/mol. The Balaban J connectivity index is 1.64. The lowest BCUT2D eigenvalue weighted by Gasteiger charge is -2.07. The third-order valence-electron chi connectivity index (χ3n) is 3.34. The van der Waals surface area contributed by atoms with E-state index in [-0.39, 0.29) is 16.8 Å². The summed E-state index contributed by atoms with van der Waals surface area (Å²) in [6.07, 6.45) is 9.14. The molecule has 0 aliphatic heterocycles. The lowest BCUT2D eigenvalue weighted by Crippen LogP contribution is -2.15. The minimum absolute atomic E-state index is 0.0181. The molecular weight excluding hydrogens is 366 g/mol. The van der Waals surface area contributed by atoms with E-state index in [1.54, 1.807) is 30.6 Å². The van der Waals surface area contributed by atoms with Crippen molar-refractivity contribution in [3.8, 4) is 0 Å². The van der Waals surface area contributed by atoms with Gasteiger partial charge in [0.05, 0.1) is 4.90 Å². The van der Waals surface area contributed by atoms with Gasteiger partial charge in [-0.3, -0.25) is 9.78 Å². The van der Waals surface area contributed by atoms with Crippen LogP contribution in [0.4, 0.5) is 11.6 Å². The van der Waals surface area contributed by atoms with Crippen LogP contribution in [0.15, 0.2) is 78.2 Å². The molecule has 0 radical (unpaired) electrons. The van der Waals surface area contributed by atoms with Gasteiger partial charge in [0.2, 0.25) is 11.9 Å². The largest absolute Gasteiger partial charge is 0.323 e. The minimum Gasteiger partial charge on any atom is -0.323 e. The van der Waals surface area contributed by atoms with Crippen molar-refractivity contribution >= 4 is 33.6 Å². The number of anilines is 2. The lowest BCUT2D eigenvalue weighted by atomic mass is 10.2. The summed E-state index contributed by atoms with van der Waals surface area (Å²) in [6, 6.07) is 10.9. The van der Waals surface area contributed by atoms with Gasteiger partial charge in [0, 0.05) is 36.6 Å². The van der Waals surface area contributed by atoms with Crippen molar-refractivity contribution in [1.82, 2.24) is 15.0 Å². The van der Waals surface area contributed by atoms with Crippen molar-refractivity contribution in [2.45, 2.75) is 4.90 Å². The van der Waals surface area contributed by atoms with E-state index in [9.17, 15) is 13.2 Å². The Morgan fingerprint density at radius 1 is 0.963 bits per heavy atom. The fraction of sp³-hybridized carbons (Fsp3) is 0. The molecule has 0 saturated carbocycles. The molecule has 9 heteroatoms. The molecule has 3 rings (SSSR count). The first kappa shape index (κ1) is 18.2. The molecular formula is C18H15N5O3S. The second-order valence-corrected chi connectivity index (χ2v) is 6.99. The van der Waals surface area contributed by atoms with Gasteiger partial charge < -0.3 is 5.32 Å². The third kappa shape index (κ3) is 5.19. The van der Waals surface area contributed by atoms with Crippen LogP contribution in [0.2, 0.25) is 0 Å². The van der Waals surface area contributed by atoms with E-state index in [1.165, 1.54) is 42.7 Å². The summed E-state index contributed by atoms with van der Waals surface area (Å²) in [5.41, 5.74) is 1.26. The van der Waals surface area contributed by atoms with Gasteiger partial charge in [0.25, 0.3) is 10.0 Å². The summed E-state index contributed by atoms with van der Waals surface area (Å²) in [7, 11) is -3.81. The Morgan fingerprint density at radius 2 is 1.70 bits per heavy atom. The predicted octanol–water partition coefficient (Wildman–Crippen LogP) is 2.32. The number of hydrogen-bond acceptors (Lipinski definition) is 6. The van der Waals surface area contributed by atoms with Crippen molar-refractivity contribution in [1.29, 1.82) is 0 Å². The van der Waals surface area contributed by atoms with E-state index in [0.29, 0.717) is 5.69 Å². The van der Waals surface area contributed by atoms with Crippen molar-refractivity contribution < 1.29 is 13.2 Å². The molecule has 0 saturated heterocycles. The number of nitrogens with one attached hydrogen (secondary N) is 2. The molecule has 0 unspecified atom stereocenters. The van der Waals surface area contributed by atoms with Gasteiger partial charge in [-0.15, -0.1) is 0 Å². The summed E-state index contributed by atoms with van der Waals surface area (Å²) in [4.78, 5) is 23.6. The molecule has 136 valence electrons. The van der Waals surface area contributed by atoms with Crippen LogP contribution in [0.25, 0.3) is 6.08 Å². The Morgan fingerprint density at radius 3 is 2.37 bits per heavy atom. The monoisotopic (exact) mass is 381 g/mol. The second kappa shape index (κ2) is 8.19. The van der Waals surface area contributed by atoms with Crippen molar-refractivity contribution in [3.05, 3.63) is 78.9 Å². The lowest BCUT2D eigenvalue weighted by molar-refractivity contribution is -0.111. The molecule has 0 aliphatic carbocycles. The Labute approximate surface area is 156 Å². The molecule has 3 aromatic rings. The van der Waals surface area contributed by atoms with Crippen LogP contribution >= 0.6 is 0 Å². The van der Waals surface area contributed by atoms with Crippen LogP contribution in [0.1, 0.15) is 5.56 Å². The number of hydrogen-bond donors (Lipinski definition) is 2. The van der Waals surface area contributed by atoms with Crippen LogP contribution in [0.5, 0.6) is 0 Å². The topological polar surface area (TPSA) is 114 Å². The van der Waals surface area contributed by atoms with Gasteiger partial charge in [-0.05, 0) is 48.0 Å². The van der Waals surface area contributed by atoms with Gasteiger partial charge in [-0.1, -0.05) is 6.07 Å². The molecule has 2 aromatic heterocycles. The van der Waals surface area contributed by atoms with Crippen molar-refractivity contribution in [2.75, 3.05) is 10.0 Å². The fourth-order valence-corrected chi connectivity index (χ4v) is 3.04. The zero-order valence-electron chi connectivity index (χ0n) is 14.0. The molecule has 0 fully saturated rings. The normalized spacial score (nSPS) is 11.3. The highest BCUT2D eigenvalue weighted by atomic mass is 32.2. The number of aromatic nitrogens is 3. The molecule has 8 nitrogen and oxygen atoms in total. The zero-order valence-corrected chi connectivity index (χ0v) is 14.8. The van der Waals surface area contributed by atoms with Gasteiger partial charge >= 0.3 is 0 Å². The van der Waals surface area contributed by atoms with Gasteiger partial charge in [-0.25, -0.2) is 23.1 Å². The summed E-state index contributed by atoms with van der Waals surface area (Å²) in [5.74, 6) is -0.360. The summed E-state index contributed by atoms with van der Waals surface area (Å²) in [6.45, 7) is 0. The molecule has 1 aromatic carbocycles. The Hall–Kier alpha value is -3.59. The molecule has 0 aliphatic rings. The Kier molecular flexibility index (Phi) is 5.53.